The first-order valence-electron chi connectivity index (χ1n) is 6.93. The zero-order chi connectivity index (χ0) is 13.7. The van der Waals surface area contributed by atoms with Gasteiger partial charge in [-0.05, 0) is 37.6 Å². The first kappa shape index (κ1) is 15.1. The molecule has 2 N–H and O–H groups in total. The highest BCUT2D eigenvalue weighted by Gasteiger charge is 2.31. The van der Waals surface area contributed by atoms with E-state index in [0.29, 0.717) is 17.0 Å². The van der Waals surface area contributed by atoms with Crippen molar-refractivity contribution < 1.29 is 5.11 Å². The molecule has 1 heterocycles. The predicted octanol–water partition coefficient (Wildman–Crippen LogP) is 3.15. The van der Waals surface area contributed by atoms with E-state index >= 15 is 0 Å². The first-order valence-corrected chi connectivity index (χ1v) is 9.02. The Labute approximate surface area is 124 Å². The lowest BCUT2D eigenvalue weighted by Gasteiger charge is -2.36. The number of thioether (sulfide) groups is 2. The summed E-state index contributed by atoms with van der Waals surface area (Å²) >= 11 is 4.22. The quantitative estimate of drug-likeness (QED) is 0.874. The summed E-state index contributed by atoms with van der Waals surface area (Å²) in [5, 5.41) is 14.5. The number of likely N-dealkylation sites (N-methyl/N-ethyl adjacent to an activating group) is 1. The molecule has 2 rings (SSSR count). The van der Waals surface area contributed by atoms with Crippen molar-refractivity contribution in [3.63, 3.8) is 0 Å². The topological polar surface area (TPSA) is 32.3 Å². The lowest BCUT2D eigenvalue weighted by molar-refractivity contribution is 0.472. The van der Waals surface area contributed by atoms with E-state index in [9.17, 15) is 5.11 Å². The van der Waals surface area contributed by atoms with Crippen molar-refractivity contribution in [2.24, 2.45) is 0 Å². The molecule has 2 nitrogen and oxygen atoms in total. The molecule has 0 saturated carbocycles. The fraction of sp³-hybridized carbons (Fsp3) is 0.600. The van der Waals surface area contributed by atoms with Crippen molar-refractivity contribution in [1.29, 1.82) is 0 Å². The largest absolute Gasteiger partial charge is 0.508 e. The molecule has 1 saturated heterocycles. The van der Waals surface area contributed by atoms with Crippen LogP contribution in [0.2, 0.25) is 0 Å². The van der Waals surface area contributed by atoms with Crippen LogP contribution in [-0.2, 0) is 6.42 Å². The van der Waals surface area contributed by atoms with Crippen LogP contribution in [0, 0.1) is 0 Å². The highest BCUT2D eigenvalue weighted by molar-refractivity contribution is 8.07. The van der Waals surface area contributed by atoms with E-state index in [-0.39, 0.29) is 0 Å². The Morgan fingerprint density at radius 2 is 2.16 bits per heavy atom. The van der Waals surface area contributed by atoms with Crippen molar-refractivity contribution in [3.8, 4) is 5.75 Å². The Hall–Kier alpha value is -0.320. The molecule has 19 heavy (non-hydrogen) atoms. The minimum Gasteiger partial charge on any atom is -0.508 e. The maximum atomic E-state index is 9.58. The fourth-order valence-electron chi connectivity index (χ4n) is 2.63. The van der Waals surface area contributed by atoms with Gasteiger partial charge in [0.2, 0.25) is 0 Å². The second-order valence-electron chi connectivity index (χ2n) is 4.92. The second kappa shape index (κ2) is 7.46. The van der Waals surface area contributed by atoms with Gasteiger partial charge in [-0.25, -0.2) is 0 Å². The molecule has 3 atom stereocenters. The van der Waals surface area contributed by atoms with Gasteiger partial charge in [0.15, 0.2) is 0 Å². The van der Waals surface area contributed by atoms with E-state index in [0.717, 1.165) is 11.7 Å². The van der Waals surface area contributed by atoms with Gasteiger partial charge in [-0.2, -0.15) is 23.5 Å². The maximum absolute atomic E-state index is 9.58. The highest BCUT2D eigenvalue weighted by Crippen LogP contribution is 2.36. The summed E-state index contributed by atoms with van der Waals surface area (Å²) in [6.07, 6.45) is 2.22. The molecule has 0 spiro atoms. The second-order valence-corrected chi connectivity index (χ2v) is 7.56. The molecular weight excluding hydrogens is 274 g/mol. The molecule has 1 fully saturated rings. The predicted molar refractivity (Wildman–Crippen MR) is 87.4 cm³/mol. The van der Waals surface area contributed by atoms with Crippen molar-refractivity contribution in [1.82, 2.24) is 5.32 Å². The Kier molecular flexibility index (Phi) is 5.92. The van der Waals surface area contributed by atoms with E-state index in [4.69, 9.17) is 0 Å². The number of hydrogen-bond donors (Lipinski definition) is 2. The molecule has 0 amide bonds. The Balaban J connectivity index is 2.06. The monoisotopic (exact) mass is 297 g/mol. The van der Waals surface area contributed by atoms with Crippen LogP contribution >= 0.6 is 23.5 Å². The summed E-state index contributed by atoms with van der Waals surface area (Å²) in [5.74, 6) is 2.90. The summed E-state index contributed by atoms with van der Waals surface area (Å²) in [7, 11) is 2.06. The SMILES string of the molecule is CCC1SCCSC1C(Cc1cccc(O)c1)NC. The van der Waals surface area contributed by atoms with Gasteiger partial charge in [-0.15, -0.1) is 0 Å². The molecular formula is C15H23NOS2. The van der Waals surface area contributed by atoms with Gasteiger partial charge in [0.1, 0.15) is 5.75 Å². The van der Waals surface area contributed by atoms with Crippen LogP contribution < -0.4 is 5.32 Å². The first-order chi connectivity index (χ1) is 9.24. The highest BCUT2D eigenvalue weighted by atomic mass is 32.2. The molecule has 1 aromatic rings. The lowest BCUT2D eigenvalue weighted by atomic mass is 10.00. The molecule has 4 heteroatoms. The Morgan fingerprint density at radius 3 is 2.84 bits per heavy atom. The number of nitrogens with one attached hydrogen (secondary N) is 1. The van der Waals surface area contributed by atoms with Crippen LogP contribution in [-0.4, -0.2) is 40.2 Å². The van der Waals surface area contributed by atoms with Crippen molar-refractivity contribution in [2.75, 3.05) is 18.6 Å². The standard InChI is InChI=1S/C15H23NOS2/c1-3-14-15(19-8-7-18-14)13(16-2)10-11-5-4-6-12(17)9-11/h4-6,9,13-17H,3,7-8,10H2,1-2H3. The van der Waals surface area contributed by atoms with E-state index in [1.54, 1.807) is 6.07 Å². The molecule has 0 aromatic heterocycles. The van der Waals surface area contributed by atoms with E-state index in [2.05, 4.69) is 48.9 Å². The number of rotatable bonds is 5. The summed E-state index contributed by atoms with van der Waals surface area (Å²) in [5.41, 5.74) is 1.21. The number of benzene rings is 1. The number of phenols is 1. The lowest BCUT2D eigenvalue weighted by Crippen LogP contribution is -2.44. The van der Waals surface area contributed by atoms with E-state index < -0.39 is 0 Å². The zero-order valence-electron chi connectivity index (χ0n) is 11.6. The molecule has 3 unspecified atom stereocenters. The van der Waals surface area contributed by atoms with Gasteiger partial charge in [0.25, 0.3) is 0 Å². The van der Waals surface area contributed by atoms with Crippen molar-refractivity contribution in [3.05, 3.63) is 29.8 Å². The van der Waals surface area contributed by atoms with Crippen LogP contribution in [0.5, 0.6) is 5.75 Å². The number of hydrogen-bond acceptors (Lipinski definition) is 4. The van der Waals surface area contributed by atoms with Gasteiger partial charge in [0.05, 0.1) is 0 Å². The summed E-state index contributed by atoms with van der Waals surface area (Å²) in [4.78, 5) is 0. The van der Waals surface area contributed by atoms with E-state index in [1.807, 2.05) is 12.1 Å². The normalized spacial score (nSPS) is 25.2. The number of aromatic hydroxyl groups is 1. The Bertz CT molecular complexity index is 399. The van der Waals surface area contributed by atoms with Crippen LogP contribution in [0.25, 0.3) is 0 Å². The van der Waals surface area contributed by atoms with Gasteiger partial charge in [0, 0.05) is 28.0 Å². The molecule has 0 radical (unpaired) electrons. The van der Waals surface area contributed by atoms with Gasteiger partial charge in [-0.1, -0.05) is 19.1 Å². The molecule has 0 aliphatic carbocycles. The zero-order valence-corrected chi connectivity index (χ0v) is 13.3. The summed E-state index contributed by atoms with van der Waals surface area (Å²) in [6.45, 7) is 2.29. The molecule has 0 bridgehead atoms. The van der Waals surface area contributed by atoms with Crippen LogP contribution in [0.1, 0.15) is 18.9 Å². The summed E-state index contributed by atoms with van der Waals surface area (Å²) < 4.78 is 0. The van der Waals surface area contributed by atoms with Gasteiger partial charge < -0.3 is 10.4 Å². The third-order valence-electron chi connectivity index (χ3n) is 3.63. The van der Waals surface area contributed by atoms with Crippen molar-refractivity contribution >= 4 is 23.5 Å². The third kappa shape index (κ3) is 4.07. The van der Waals surface area contributed by atoms with E-state index in [1.165, 1.54) is 23.5 Å². The van der Waals surface area contributed by atoms with Crippen LogP contribution in [0.4, 0.5) is 0 Å². The van der Waals surface area contributed by atoms with Crippen LogP contribution in [0.3, 0.4) is 0 Å². The van der Waals surface area contributed by atoms with Crippen molar-refractivity contribution in [2.45, 2.75) is 36.3 Å². The minimum absolute atomic E-state index is 0.366. The maximum Gasteiger partial charge on any atom is 0.115 e. The average Bonchev–Trinajstić information content (AvgIpc) is 2.45. The molecule has 106 valence electrons. The minimum atomic E-state index is 0.366. The number of phenolic OH excluding ortho intramolecular Hbond substituents is 1. The van der Waals surface area contributed by atoms with Crippen LogP contribution in [0.15, 0.2) is 24.3 Å². The smallest absolute Gasteiger partial charge is 0.115 e. The Morgan fingerprint density at radius 1 is 1.37 bits per heavy atom. The summed E-state index contributed by atoms with van der Waals surface area (Å²) in [6, 6.07) is 8.12. The van der Waals surface area contributed by atoms with Gasteiger partial charge >= 0.3 is 0 Å². The molecule has 1 aromatic carbocycles. The van der Waals surface area contributed by atoms with Gasteiger partial charge in [-0.3, -0.25) is 0 Å². The average molecular weight is 297 g/mol. The molecule has 1 aliphatic heterocycles. The third-order valence-corrected chi connectivity index (χ3v) is 7.03. The fourth-order valence-corrected chi connectivity index (χ4v) is 5.93. The molecule has 1 aliphatic rings.